The fraction of sp³-hybridized carbons (Fsp3) is 0.366. The smallest absolute Gasteiger partial charge is 0.409 e. The number of carbonyl (C=O) groups is 2. The zero-order chi connectivity index (χ0) is 35.3. The number of benzene rings is 4. The van der Waals surface area contributed by atoms with Crippen LogP contribution < -0.4 is 5.32 Å². The molecular formula is C41H46N2O8. The van der Waals surface area contributed by atoms with E-state index in [-0.39, 0.29) is 24.5 Å². The van der Waals surface area contributed by atoms with Crippen LogP contribution in [0.15, 0.2) is 97.1 Å². The van der Waals surface area contributed by atoms with E-state index in [0.29, 0.717) is 72.6 Å². The Balaban J connectivity index is 0.726. The summed E-state index contributed by atoms with van der Waals surface area (Å²) in [6.45, 7) is 4.63. The zero-order valence-corrected chi connectivity index (χ0v) is 29.1. The van der Waals surface area contributed by atoms with E-state index in [9.17, 15) is 9.59 Å². The van der Waals surface area contributed by atoms with Crippen molar-refractivity contribution >= 4 is 12.2 Å². The van der Waals surface area contributed by atoms with Gasteiger partial charge in [0, 0.05) is 32.0 Å². The molecule has 51 heavy (non-hydrogen) atoms. The monoisotopic (exact) mass is 694 g/mol. The van der Waals surface area contributed by atoms with E-state index in [0.717, 1.165) is 0 Å². The van der Waals surface area contributed by atoms with Crippen LogP contribution in [0.2, 0.25) is 0 Å². The van der Waals surface area contributed by atoms with Gasteiger partial charge in [-0.15, -0.1) is 0 Å². The Morgan fingerprint density at radius 1 is 0.529 bits per heavy atom. The van der Waals surface area contributed by atoms with Crippen molar-refractivity contribution in [3.05, 3.63) is 119 Å². The quantitative estimate of drug-likeness (QED) is 0.111. The Bertz CT molecular complexity index is 1660. The molecule has 0 saturated heterocycles. The molecule has 0 spiro atoms. The summed E-state index contributed by atoms with van der Waals surface area (Å²) < 4.78 is 33.5. The standard InChI is InChI=1S/C41H46N2O8/c1-43(41(45)51-29-39-36-16-8-4-12-32(36)33-13-5-9-17-37(33)39)19-21-47-23-25-49-27-26-48-24-22-46-20-18-42-40(44)50-28-38-34-14-6-2-10-30(34)31-11-3-7-15-35(31)38/h2-17,38-39H,18-29H2,1H3,(H,42,44). The van der Waals surface area contributed by atoms with Gasteiger partial charge in [-0.25, -0.2) is 9.59 Å². The van der Waals surface area contributed by atoms with Crippen LogP contribution in [0.3, 0.4) is 0 Å². The Labute approximate surface area is 299 Å². The first-order valence-corrected chi connectivity index (χ1v) is 17.6. The van der Waals surface area contributed by atoms with Crippen molar-refractivity contribution in [2.75, 3.05) is 86.2 Å². The van der Waals surface area contributed by atoms with Crippen LogP contribution in [0.4, 0.5) is 9.59 Å². The van der Waals surface area contributed by atoms with Gasteiger partial charge >= 0.3 is 12.2 Å². The van der Waals surface area contributed by atoms with Gasteiger partial charge in [0.15, 0.2) is 0 Å². The van der Waals surface area contributed by atoms with Gasteiger partial charge in [-0.05, 0) is 44.5 Å². The van der Waals surface area contributed by atoms with Crippen LogP contribution in [0.5, 0.6) is 0 Å². The molecule has 0 atom stereocenters. The van der Waals surface area contributed by atoms with Gasteiger partial charge < -0.3 is 38.6 Å². The molecule has 4 aromatic carbocycles. The van der Waals surface area contributed by atoms with E-state index in [2.05, 4.69) is 53.8 Å². The van der Waals surface area contributed by atoms with Gasteiger partial charge in [-0.1, -0.05) is 97.1 Å². The van der Waals surface area contributed by atoms with Crippen LogP contribution in [0.1, 0.15) is 34.1 Å². The van der Waals surface area contributed by atoms with Crippen molar-refractivity contribution in [2.24, 2.45) is 0 Å². The fourth-order valence-corrected chi connectivity index (χ4v) is 6.63. The molecule has 0 aromatic heterocycles. The summed E-state index contributed by atoms with van der Waals surface area (Å²) in [5.74, 6) is 0.0647. The zero-order valence-electron chi connectivity index (χ0n) is 29.1. The van der Waals surface area contributed by atoms with Crippen LogP contribution in [0.25, 0.3) is 22.3 Å². The van der Waals surface area contributed by atoms with Crippen molar-refractivity contribution in [1.29, 1.82) is 0 Å². The molecule has 0 aliphatic heterocycles. The average Bonchev–Trinajstić information content (AvgIpc) is 3.66. The van der Waals surface area contributed by atoms with Gasteiger partial charge in [0.25, 0.3) is 0 Å². The van der Waals surface area contributed by atoms with Crippen LogP contribution in [-0.4, -0.2) is 103 Å². The number of hydrogen-bond acceptors (Lipinski definition) is 8. The van der Waals surface area contributed by atoms with Crippen LogP contribution >= 0.6 is 0 Å². The second kappa shape index (κ2) is 18.5. The number of ether oxygens (including phenoxy) is 6. The highest BCUT2D eigenvalue weighted by Gasteiger charge is 2.30. The molecule has 0 radical (unpaired) electrons. The average molecular weight is 695 g/mol. The van der Waals surface area contributed by atoms with Gasteiger partial charge in [0.2, 0.25) is 0 Å². The summed E-state index contributed by atoms with van der Waals surface area (Å²) >= 11 is 0. The molecule has 2 aliphatic carbocycles. The summed E-state index contributed by atoms with van der Waals surface area (Å²) in [6.07, 6.45) is -0.829. The molecule has 0 heterocycles. The van der Waals surface area contributed by atoms with Crippen molar-refractivity contribution < 1.29 is 38.0 Å². The Kier molecular flexibility index (Phi) is 13.1. The molecule has 10 nitrogen and oxygen atoms in total. The number of nitrogens with zero attached hydrogens (tertiary/aromatic N) is 1. The number of alkyl carbamates (subject to hydrolysis) is 1. The van der Waals surface area contributed by atoms with Gasteiger partial charge in [0.1, 0.15) is 13.2 Å². The molecule has 2 aliphatic rings. The molecule has 2 amide bonds. The van der Waals surface area contributed by atoms with Crippen molar-refractivity contribution in [3.63, 3.8) is 0 Å². The maximum absolute atomic E-state index is 12.6. The molecule has 1 N–H and O–H groups in total. The molecule has 4 aromatic rings. The lowest BCUT2D eigenvalue weighted by molar-refractivity contribution is -0.00314. The second-order valence-electron chi connectivity index (χ2n) is 12.4. The van der Waals surface area contributed by atoms with Crippen molar-refractivity contribution in [2.45, 2.75) is 11.8 Å². The highest BCUT2D eigenvalue weighted by Crippen LogP contribution is 2.45. The van der Waals surface area contributed by atoms with Crippen LogP contribution in [-0.2, 0) is 28.4 Å². The lowest BCUT2D eigenvalue weighted by Crippen LogP contribution is -2.32. The molecule has 0 fully saturated rings. The maximum Gasteiger partial charge on any atom is 0.409 e. The molecule has 0 unspecified atom stereocenters. The second-order valence-corrected chi connectivity index (χ2v) is 12.4. The minimum atomic E-state index is -0.458. The first-order chi connectivity index (χ1) is 25.1. The number of likely N-dealkylation sites (N-methyl/N-ethyl adjacent to an activating group) is 1. The lowest BCUT2D eigenvalue weighted by atomic mass is 9.98. The van der Waals surface area contributed by atoms with Gasteiger partial charge in [0.05, 0.1) is 52.9 Å². The third kappa shape index (κ3) is 9.33. The number of carbonyl (C=O) groups excluding carboxylic acids is 2. The van der Waals surface area contributed by atoms with Crippen LogP contribution in [0, 0.1) is 0 Å². The molecule has 10 heteroatoms. The number of amides is 2. The third-order valence-electron chi connectivity index (χ3n) is 9.19. The van der Waals surface area contributed by atoms with Crippen molar-refractivity contribution in [3.8, 4) is 22.3 Å². The third-order valence-corrected chi connectivity index (χ3v) is 9.19. The highest BCUT2D eigenvalue weighted by atomic mass is 16.6. The van der Waals surface area contributed by atoms with Crippen molar-refractivity contribution in [1.82, 2.24) is 10.2 Å². The van der Waals surface area contributed by atoms with E-state index < -0.39 is 6.09 Å². The normalized spacial score (nSPS) is 12.9. The summed E-state index contributed by atoms with van der Waals surface area (Å²) in [6, 6.07) is 33.1. The number of nitrogens with one attached hydrogen (secondary N) is 1. The number of fused-ring (bicyclic) bond motifs is 6. The Hall–Kier alpha value is -4.74. The maximum atomic E-state index is 12.6. The number of rotatable bonds is 19. The predicted molar refractivity (Wildman–Crippen MR) is 194 cm³/mol. The van der Waals surface area contributed by atoms with E-state index in [1.165, 1.54) is 49.4 Å². The Morgan fingerprint density at radius 3 is 1.35 bits per heavy atom. The summed E-state index contributed by atoms with van der Waals surface area (Å²) in [5.41, 5.74) is 9.54. The van der Waals surface area contributed by atoms with E-state index in [4.69, 9.17) is 28.4 Å². The Morgan fingerprint density at radius 2 is 0.902 bits per heavy atom. The first kappa shape index (κ1) is 36.1. The minimum absolute atomic E-state index is 0.0315. The SMILES string of the molecule is CN(CCOCCOCCOCCOCCNC(=O)OCC1c2ccccc2-c2ccccc21)C(=O)OCC1c2ccccc2-c2ccccc21. The minimum Gasteiger partial charge on any atom is -0.449 e. The molecule has 6 rings (SSSR count). The van der Waals surface area contributed by atoms with E-state index in [1.807, 2.05) is 48.5 Å². The summed E-state index contributed by atoms with van der Waals surface area (Å²) in [5, 5.41) is 2.74. The fourth-order valence-electron chi connectivity index (χ4n) is 6.63. The summed E-state index contributed by atoms with van der Waals surface area (Å²) in [7, 11) is 1.71. The lowest BCUT2D eigenvalue weighted by Gasteiger charge is -2.19. The van der Waals surface area contributed by atoms with E-state index in [1.54, 1.807) is 7.05 Å². The molecular weight excluding hydrogens is 648 g/mol. The topological polar surface area (TPSA) is 105 Å². The largest absolute Gasteiger partial charge is 0.449 e. The van der Waals surface area contributed by atoms with E-state index >= 15 is 0 Å². The van der Waals surface area contributed by atoms with Gasteiger partial charge in [-0.3, -0.25) is 0 Å². The predicted octanol–water partition coefficient (Wildman–Crippen LogP) is 6.47. The molecule has 268 valence electrons. The molecule has 0 bridgehead atoms. The number of hydrogen-bond donors (Lipinski definition) is 1. The molecule has 0 saturated carbocycles. The van der Waals surface area contributed by atoms with Gasteiger partial charge in [-0.2, -0.15) is 0 Å². The first-order valence-electron chi connectivity index (χ1n) is 17.6. The highest BCUT2D eigenvalue weighted by molar-refractivity contribution is 5.80. The summed E-state index contributed by atoms with van der Waals surface area (Å²) in [4.78, 5) is 26.4.